The molecule has 0 fully saturated rings. The maximum absolute atomic E-state index is 11.5. The monoisotopic (exact) mass is 236 g/mol. The number of sulfone groups is 1. The molecular formula is C12H12O3S. The zero-order valence-electron chi connectivity index (χ0n) is 9.15. The van der Waals surface area contributed by atoms with Crippen LogP contribution >= 0.6 is 0 Å². The smallest absolute Gasteiger partial charge is 0.175 e. The summed E-state index contributed by atoms with van der Waals surface area (Å²) in [5.41, 5.74) is 0.482. The van der Waals surface area contributed by atoms with E-state index in [0.717, 1.165) is 6.26 Å². The van der Waals surface area contributed by atoms with Gasteiger partial charge in [0.05, 0.1) is 11.3 Å². The molecule has 0 aliphatic carbocycles. The Morgan fingerprint density at radius 3 is 2.25 bits per heavy atom. The first kappa shape index (κ1) is 12.5. The summed E-state index contributed by atoms with van der Waals surface area (Å²) >= 11 is 0. The van der Waals surface area contributed by atoms with Crippen LogP contribution in [0.5, 0.6) is 0 Å². The van der Waals surface area contributed by atoms with E-state index in [0.29, 0.717) is 5.56 Å². The fourth-order valence-electron chi connectivity index (χ4n) is 1.16. The number of ketones is 1. The Bertz CT molecular complexity index is 542. The average Bonchev–Trinajstić information content (AvgIpc) is 2.25. The van der Waals surface area contributed by atoms with Gasteiger partial charge in [-0.1, -0.05) is 18.1 Å². The Labute approximate surface area is 95.4 Å². The van der Waals surface area contributed by atoms with Crippen LogP contribution in [-0.4, -0.2) is 20.5 Å². The molecule has 1 rings (SSSR count). The van der Waals surface area contributed by atoms with Gasteiger partial charge in [0, 0.05) is 11.8 Å². The third-order valence-electron chi connectivity index (χ3n) is 2.03. The van der Waals surface area contributed by atoms with Gasteiger partial charge in [0.1, 0.15) is 0 Å². The van der Waals surface area contributed by atoms with Crippen LogP contribution in [0, 0.1) is 11.8 Å². The fraction of sp³-hybridized carbons (Fsp3) is 0.250. The number of Topliss-reactive ketones (excluding diaryl/α,β-unsaturated/α-hetero) is 1. The molecule has 0 heterocycles. The molecular weight excluding hydrogens is 224 g/mol. The second-order valence-electron chi connectivity index (χ2n) is 3.32. The number of rotatable bonds is 3. The van der Waals surface area contributed by atoms with Gasteiger partial charge >= 0.3 is 0 Å². The van der Waals surface area contributed by atoms with E-state index in [4.69, 9.17) is 0 Å². The lowest BCUT2D eigenvalue weighted by Crippen LogP contribution is -2.00. The zero-order chi connectivity index (χ0) is 12.2. The summed E-state index contributed by atoms with van der Waals surface area (Å²) in [5, 5.41) is 0. The number of benzene rings is 1. The predicted molar refractivity (Wildman–Crippen MR) is 61.9 cm³/mol. The van der Waals surface area contributed by atoms with E-state index in [1.165, 1.54) is 24.3 Å². The van der Waals surface area contributed by atoms with E-state index >= 15 is 0 Å². The van der Waals surface area contributed by atoms with Crippen molar-refractivity contribution < 1.29 is 13.2 Å². The van der Waals surface area contributed by atoms with E-state index in [1.807, 2.05) is 0 Å². The third-order valence-corrected chi connectivity index (χ3v) is 3.16. The van der Waals surface area contributed by atoms with Gasteiger partial charge in [-0.25, -0.2) is 8.42 Å². The molecule has 4 heteroatoms. The van der Waals surface area contributed by atoms with Crippen LogP contribution in [0.15, 0.2) is 29.2 Å². The van der Waals surface area contributed by atoms with Gasteiger partial charge in [0.15, 0.2) is 15.6 Å². The Morgan fingerprint density at radius 1 is 1.25 bits per heavy atom. The van der Waals surface area contributed by atoms with Gasteiger partial charge in [-0.05, 0) is 19.1 Å². The summed E-state index contributed by atoms with van der Waals surface area (Å²) in [6.45, 7) is 1.67. The molecule has 0 amide bonds. The average molecular weight is 236 g/mol. The van der Waals surface area contributed by atoms with Gasteiger partial charge in [0.2, 0.25) is 0 Å². The molecule has 0 bridgehead atoms. The third kappa shape index (κ3) is 3.21. The van der Waals surface area contributed by atoms with Gasteiger partial charge in [-0.2, -0.15) is 0 Å². The summed E-state index contributed by atoms with van der Waals surface area (Å²) in [4.78, 5) is 11.7. The highest BCUT2D eigenvalue weighted by Crippen LogP contribution is 2.11. The van der Waals surface area contributed by atoms with Gasteiger partial charge < -0.3 is 0 Å². The number of hydrogen-bond acceptors (Lipinski definition) is 3. The van der Waals surface area contributed by atoms with Crippen LogP contribution in [0.3, 0.4) is 0 Å². The minimum absolute atomic E-state index is 0.102. The molecule has 16 heavy (non-hydrogen) atoms. The van der Waals surface area contributed by atoms with Crippen molar-refractivity contribution in [2.45, 2.75) is 18.2 Å². The van der Waals surface area contributed by atoms with E-state index in [-0.39, 0.29) is 17.1 Å². The maximum atomic E-state index is 11.5. The molecule has 0 aliphatic heterocycles. The fourth-order valence-corrected chi connectivity index (χ4v) is 1.79. The van der Waals surface area contributed by atoms with Crippen LogP contribution in [0.4, 0.5) is 0 Å². The summed E-state index contributed by atoms with van der Waals surface area (Å²) < 4.78 is 22.4. The lowest BCUT2D eigenvalue weighted by Gasteiger charge is -2.00. The second-order valence-corrected chi connectivity index (χ2v) is 5.34. The minimum Gasteiger partial charge on any atom is -0.293 e. The molecule has 0 unspecified atom stereocenters. The summed E-state index contributed by atoms with van der Waals surface area (Å²) in [6.07, 6.45) is 1.29. The molecule has 0 aliphatic rings. The second kappa shape index (κ2) is 4.95. The highest BCUT2D eigenvalue weighted by Gasteiger charge is 2.08. The highest BCUT2D eigenvalue weighted by molar-refractivity contribution is 7.90. The van der Waals surface area contributed by atoms with Gasteiger partial charge in [-0.3, -0.25) is 4.79 Å². The molecule has 0 saturated carbocycles. The molecule has 0 aromatic heterocycles. The first-order valence-corrected chi connectivity index (χ1v) is 6.57. The van der Waals surface area contributed by atoms with Gasteiger partial charge in [0.25, 0.3) is 0 Å². The Hall–Kier alpha value is -1.60. The van der Waals surface area contributed by atoms with E-state index < -0.39 is 9.84 Å². The number of carbonyl (C=O) groups is 1. The zero-order valence-corrected chi connectivity index (χ0v) is 9.97. The van der Waals surface area contributed by atoms with Crippen molar-refractivity contribution in [3.05, 3.63) is 29.8 Å². The lowest BCUT2D eigenvalue weighted by molar-refractivity contribution is 0.0998. The predicted octanol–water partition coefficient (Wildman–Crippen LogP) is 1.69. The van der Waals surface area contributed by atoms with Crippen LogP contribution in [0.1, 0.15) is 23.7 Å². The van der Waals surface area contributed by atoms with Crippen molar-refractivity contribution in [2.24, 2.45) is 0 Å². The van der Waals surface area contributed by atoms with Crippen molar-refractivity contribution in [1.82, 2.24) is 0 Å². The summed E-state index contributed by atoms with van der Waals surface area (Å²) in [5.74, 6) is 5.21. The molecule has 84 valence electrons. The molecule has 0 atom stereocenters. The molecule has 0 spiro atoms. The van der Waals surface area contributed by atoms with E-state index in [1.54, 1.807) is 6.92 Å². The maximum Gasteiger partial charge on any atom is 0.175 e. The molecule has 1 aromatic carbocycles. The first-order valence-electron chi connectivity index (χ1n) is 4.68. The summed E-state index contributed by atoms with van der Waals surface area (Å²) in [6, 6.07) is 5.88. The van der Waals surface area contributed by atoms with E-state index in [2.05, 4.69) is 11.8 Å². The van der Waals surface area contributed by atoms with Crippen molar-refractivity contribution in [3.63, 3.8) is 0 Å². The first-order chi connectivity index (χ1) is 7.45. The Kier molecular flexibility index (Phi) is 3.86. The molecule has 0 N–H and O–H groups in total. The SMILES string of the molecule is CC#CCC(=O)c1ccc(S(C)(=O)=O)cc1. The van der Waals surface area contributed by atoms with Gasteiger partial charge in [-0.15, -0.1) is 5.92 Å². The minimum atomic E-state index is -3.20. The molecule has 1 aromatic rings. The van der Waals surface area contributed by atoms with Crippen molar-refractivity contribution in [2.75, 3.05) is 6.26 Å². The number of hydrogen-bond donors (Lipinski definition) is 0. The number of carbonyl (C=O) groups excluding carboxylic acids is 1. The lowest BCUT2D eigenvalue weighted by atomic mass is 10.1. The topological polar surface area (TPSA) is 51.2 Å². The van der Waals surface area contributed by atoms with Crippen LogP contribution in [0.25, 0.3) is 0 Å². The quantitative estimate of drug-likeness (QED) is 0.592. The largest absolute Gasteiger partial charge is 0.293 e. The van der Waals surface area contributed by atoms with Crippen LogP contribution < -0.4 is 0 Å². The molecule has 0 radical (unpaired) electrons. The Balaban J connectivity index is 2.94. The summed E-state index contributed by atoms with van der Waals surface area (Å²) in [7, 11) is -3.20. The standard InChI is InChI=1S/C12H12O3S/c1-3-4-5-12(13)10-6-8-11(9-7-10)16(2,14)15/h6-9H,5H2,1-2H3. The van der Waals surface area contributed by atoms with Crippen molar-refractivity contribution in [3.8, 4) is 11.8 Å². The highest BCUT2D eigenvalue weighted by atomic mass is 32.2. The van der Waals surface area contributed by atoms with E-state index in [9.17, 15) is 13.2 Å². The normalized spacial score (nSPS) is 10.4. The van der Waals surface area contributed by atoms with Crippen molar-refractivity contribution in [1.29, 1.82) is 0 Å². The van der Waals surface area contributed by atoms with Crippen molar-refractivity contribution >= 4 is 15.6 Å². The van der Waals surface area contributed by atoms with Crippen LogP contribution in [0.2, 0.25) is 0 Å². The molecule has 3 nitrogen and oxygen atoms in total. The molecule has 0 saturated heterocycles. The Morgan fingerprint density at radius 2 is 1.81 bits per heavy atom. The van der Waals surface area contributed by atoms with Crippen LogP contribution in [-0.2, 0) is 9.84 Å².